The van der Waals surface area contributed by atoms with Gasteiger partial charge in [0.05, 0.1) is 10.6 Å². The molecule has 0 aliphatic rings. The molecule has 2 rings (SSSR count). The number of hydrogen-bond donors (Lipinski definition) is 2. The lowest BCUT2D eigenvalue weighted by atomic mass is 10.1. The van der Waals surface area contributed by atoms with Crippen LogP contribution in [0.25, 0.3) is 6.08 Å². The van der Waals surface area contributed by atoms with Crippen LogP contribution in [-0.4, -0.2) is 19.5 Å². The summed E-state index contributed by atoms with van der Waals surface area (Å²) in [6.07, 6.45) is 3.12. The molecule has 0 fully saturated rings. The number of carboxylic acid groups (broad SMARTS) is 1. The molecular weight excluding hydrogens is 314 g/mol. The molecule has 120 valence electrons. The van der Waals surface area contributed by atoms with Gasteiger partial charge in [0.15, 0.2) is 0 Å². The van der Waals surface area contributed by atoms with E-state index in [1.54, 1.807) is 36.4 Å². The Morgan fingerprint density at radius 3 is 2.48 bits per heavy atom. The van der Waals surface area contributed by atoms with Gasteiger partial charge in [-0.15, -0.1) is 0 Å². The van der Waals surface area contributed by atoms with Crippen molar-refractivity contribution in [1.82, 2.24) is 0 Å². The lowest BCUT2D eigenvalue weighted by Crippen LogP contribution is -2.13. The van der Waals surface area contributed by atoms with E-state index in [1.807, 2.05) is 6.92 Å². The molecule has 0 saturated heterocycles. The van der Waals surface area contributed by atoms with E-state index in [1.165, 1.54) is 18.2 Å². The maximum absolute atomic E-state index is 12.4. The first-order chi connectivity index (χ1) is 10.9. The van der Waals surface area contributed by atoms with Gasteiger partial charge in [-0.05, 0) is 47.9 Å². The molecular formula is C17H17NO4S. The number of nitrogens with one attached hydrogen (secondary N) is 1. The Labute approximate surface area is 135 Å². The Hall–Kier alpha value is -2.60. The monoisotopic (exact) mass is 331 g/mol. The van der Waals surface area contributed by atoms with Gasteiger partial charge in [-0.25, -0.2) is 13.2 Å². The average molecular weight is 331 g/mol. The average Bonchev–Trinajstić information content (AvgIpc) is 2.54. The van der Waals surface area contributed by atoms with Crippen LogP contribution >= 0.6 is 0 Å². The lowest BCUT2D eigenvalue weighted by Gasteiger charge is -2.12. The first-order valence-corrected chi connectivity index (χ1v) is 8.52. The van der Waals surface area contributed by atoms with Gasteiger partial charge in [0, 0.05) is 6.08 Å². The molecule has 0 atom stereocenters. The summed E-state index contributed by atoms with van der Waals surface area (Å²) >= 11 is 0. The fourth-order valence-electron chi connectivity index (χ4n) is 2.03. The number of carboxylic acids is 1. The van der Waals surface area contributed by atoms with Gasteiger partial charge in [0.1, 0.15) is 0 Å². The van der Waals surface area contributed by atoms with Crippen LogP contribution in [0, 0.1) is 0 Å². The highest BCUT2D eigenvalue weighted by molar-refractivity contribution is 7.92. The molecule has 0 radical (unpaired) electrons. The van der Waals surface area contributed by atoms with E-state index in [2.05, 4.69) is 4.72 Å². The summed E-state index contributed by atoms with van der Waals surface area (Å²) in [6, 6.07) is 13.2. The van der Waals surface area contributed by atoms with Gasteiger partial charge in [0.2, 0.25) is 0 Å². The van der Waals surface area contributed by atoms with E-state index >= 15 is 0 Å². The molecule has 0 saturated carbocycles. The van der Waals surface area contributed by atoms with E-state index in [4.69, 9.17) is 5.11 Å². The zero-order chi connectivity index (χ0) is 16.9. The van der Waals surface area contributed by atoms with Gasteiger partial charge in [-0.2, -0.15) is 0 Å². The number of rotatable bonds is 6. The number of hydrogen-bond acceptors (Lipinski definition) is 3. The molecule has 0 amide bonds. The van der Waals surface area contributed by atoms with Crippen molar-refractivity contribution >= 4 is 27.8 Å². The van der Waals surface area contributed by atoms with Crippen LogP contribution in [-0.2, 0) is 21.2 Å². The fraction of sp³-hybridized carbons (Fsp3) is 0.118. The van der Waals surface area contributed by atoms with Crippen molar-refractivity contribution in [2.75, 3.05) is 4.72 Å². The van der Waals surface area contributed by atoms with Gasteiger partial charge >= 0.3 is 5.97 Å². The molecule has 0 heterocycles. The molecule has 6 heteroatoms. The maximum atomic E-state index is 12.4. The van der Waals surface area contributed by atoms with Crippen molar-refractivity contribution in [3.63, 3.8) is 0 Å². The third-order valence-electron chi connectivity index (χ3n) is 3.23. The highest BCUT2D eigenvalue weighted by Crippen LogP contribution is 2.23. The van der Waals surface area contributed by atoms with E-state index < -0.39 is 16.0 Å². The van der Waals surface area contributed by atoms with Crippen LogP contribution in [0.15, 0.2) is 59.5 Å². The second-order valence-corrected chi connectivity index (χ2v) is 6.55. The zero-order valence-electron chi connectivity index (χ0n) is 12.6. The fourth-order valence-corrected chi connectivity index (χ4v) is 3.14. The Balaban J connectivity index is 2.41. The maximum Gasteiger partial charge on any atom is 0.328 e. The standard InChI is InChI=1S/C17H17NO4S/c1-2-13-8-10-16(14(12-13)9-11-17(19)20)18-23(21,22)15-6-4-3-5-7-15/h3-12,18H,2H2,1H3,(H,19,20). The minimum absolute atomic E-state index is 0.146. The number of aliphatic carboxylic acids is 1. The number of anilines is 1. The normalized spacial score (nSPS) is 11.5. The van der Waals surface area contributed by atoms with Gasteiger partial charge in [-0.3, -0.25) is 4.72 Å². The number of sulfonamides is 1. The van der Waals surface area contributed by atoms with E-state index in [9.17, 15) is 13.2 Å². The number of aryl methyl sites for hydroxylation is 1. The summed E-state index contributed by atoms with van der Waals surface area (Å²) in [5.74, 6) is -1.09. The summed E-state index contributed by atoms with van der Waals surface area (Å²) in [7, 11) is -3.73. The predicted molar refractivity (Wildman–Crippen MR) is 89.7 cm³/mol. The van der Waals surface area contributed by atoms with E-state index in [0.717, 1.165) is 18.1 Å². The molecule has 5 nitrogen and oxygen atoms in total. The number of benzene rings is 2. The third-order valence-corrected chi connectivity index (χ3v) is 4.61. The highest BCUT2D eigenvalue weighted by atomic mass is 32.2. The second-order valence-electron chi connectivity index (χ2n) is 4.87. The van der Waals surface area contributed by atoms with Crippen LogP contribution in [0.1, 0.15) is 18.1 Å². The second kappa shape index (κ2) is 7.11. The minimum Gasteiger partial charge on any atom is -0.478 e. The van der Waals surface area contributed by atoms with Crippen molar-refractivity contribution in [1.29, 1.82) is 0 Å². The first-order valence-electron chi connectivity index (χ1n) is 7.04. The Kier molecular flexibility index (Phi) is 5.18. The van der Waals surface area contributed by atoms with Crippen molar-refractivity contribution in [3.8, 4) is 0 Å². The molecule has 2 aromatic carbocycles. The summed E-state index contributed by atoms with van der Waals surface area (Å²) in [5.41, 5.74) is 1.83. The minimum atomic E-state index is -3.73. The molecule has 0 spiro atoms. The van der Waals surface area contributed by atoms with Crippen molar-refractivity contribution in [3.05, 3.63) is 65.7 Å². The summed E-state index contributed by atoms with van der Waals surface area (Å²) < 4.78 is 27.3. The predicted octanol–water partition coefficient (Wildman–Crippen LogP) is 3.15. The Morgan fingerprint density at radius 2 is 1.87 bits per heavy atom. The van der Waals surface area contributed by atoms with Gasteiger partial charge in [0.25, 0.3) is 10.0 Å². The summed E-state index contributed by atoms with van der Waals surface area (Å²) in [4.78, 5) is 10.9. The smallest absolute Gasteiger partial charge is 0.328 e. The molecule has 0 aliphatic heterocycles. The quantitative estimate of drug-likeness (QED) is 0.797. The third kappa shape index (κ3) is 4.43. The van der Waals surface area contributed by atoms with E-state index in [-0.39, 0.29) is 4.90 Å². The largest absolute Gasteiger partial charge is 0.478 e. The molecule has 0 aliphatic carbocycles. The van der Waals surface area contributed by atoms with Gasteiger partial charge in [-0.1, -0.05) is 31.2 Å². The SMILES string of the molecule is CCc1ccc(NS(=O)(=O)c2ccccc2)c(C=CC(=O)O)c1. The van der Waals surface area contributed by atoms with Gasteiger partial charge < -0.3 is 5.11 Å². The van der Waals surface area contributed by atoms with Crippen molar-refractivity contribution in [2.24, 2.45) is 0 Å². The topological polar surface area (TPSA) is 83.5 Å². The van der Waals surface area contributed by atoms with E-state index in [0.29, 0.717) is 11.3 Å². The highest BCUT2D eigenvalue weighted by Gasteiger charge is 2.15. The molecule has 2 N–H and O–H groups in total. The van der Waals surface area contributed by atoms with Crippen LogP contribution in [0.5, 0.6) is 0 Å². The van der Waals surface area contributed by atoms with Crippen LogP contribution < -0.4 is 4.72 Å². The van der Waals surface area contributed by atoms with Crippen molar-refractivity contribution < 1.29 is 18.3 Å². The number of carbonyl (C=O) groups is 1. The zero-order valence-corrected chi connectivity index (χ0v) is 13.4. The Bertz CT molecular complexity index is 827. The van der Waals surface area contributed by atoms with Crippen LogP contribution in [0.3, 0.4) is 0 Å². The van der Waals surface area contributed by atoms with Crippen LogP contribution in [0.2, 0.25) is 0 Å². The first kappa shape index (κ1) is 16.8. The molecule has 0 unspecified atom stereocenters. The Morgan fingerprint density at radius 1 is 1.17 bits per heavy atom. The molecule has 0 bridgehead atoms. The molecule has 0 aromatic heterocycles. The van der Waals surface area contributed by atoms with Crippen LogP contribution in [0.4, 0.5) is 5.69 Å². The summed E-state index contributed by atoms with van der Waals surface area (Å²) in [6.45, 7) is 1.97. The molecule has 23 heavy (non-hydrogen) atoms. The van der Waals surface area contributed by atoms with Crippen molar-refractivity contribution in [2.45, 2.75) is 18.2 Å². The summed E-state index contributed by atoms with van der Waals surface area (Å²) in [5, 5.41) is 8.78. The molecule has 2 aromatic rings. The lowest BCUT2D eigenvalue weighted by molar-refractivity contribution is -0.131.